The molecule has 0 amide bonds. The van der Waals surface area contributed by atoms with E-state index >= 15 is 0 Å². The van der Waals surface area contributed by atoms with Crippen LogP contribution in [0.25, 0.3) is 0 Å². The molecule has 1 aromatic rings. The molecular formula is C10H16O2S. The Morgan fingerprint density at radius 1 is 1.54 bits per heavy atom. The lowest BCUT2D eigenvalue weighted by atomic mass is 10.2. The second-order valence-electron chi connectivity index (χ2n) is 3.37. The molecule has 0 aromatic carbocycles. The van der Waals surface area contributed by atoms with E-state index < -0.39 is 6.10 Å². The van der Waals surface area contributed by atoms with Gasteiger partial charge in [-0.15, -0.1) is 11.3 Å². The van der Waals surface area contributed by atoms with Crippen molar-refractivity contribution in [2.24, 2.45) is 0 Å². The average Bonchev–Trinajstić information content (AvgIpc) is 2.47. The van der Waals surface area contributed by atoms with Crippen LogP contribution >= 0.6 is 11.3 Å². The maximum absolute atomic E-state index is 9.72. The van der Waals surface area contributed by atoms with E-state index in [1.807, 2.05) is 32.2 Å². The van der Waals surface area contributed by atoms with Crippen LogP contribution in [0.4, 0.5) is 0 Å². The number of aliphatic hydroxyl groups is 1. The van der Waals surface area contributed by atoms with E-state index in [0.29, 0.717) is 6.61 Å². The second-order valence-corrected chi connectivity index (χ2v) is 4.31. The van der Waals surface area contributed by atoms with Crippen molar-refractivity contribution in [1.29, 1.82) is 0 Å². The van der Waals surface area contributed by atoms with Gasteiger partial charge in [0.1, 0.15) is 6.10 Å². The largest absolute Gasteiger partial charge is 0.385 e. The van der Waals surface area contributed by atoms with Crippen molar-refractivity contribution < 1.29 is 9.84 Å². The monoisotopic (exact) mass is 200 g/mol. The van der Waals surface area contributed by atoms with Crippen LogP contribution in [0.3, 0.4) is 0 Å². The fourth-order valence-electron chi connectivity index (χ4n) is 1.09. The summed E-state index contributed by atoms with van der Waals surface area (Å²) in [6.45, 7) is 6.32. The van der Waals surface area contributed by atoms with Crippen LogP contribution in [-0.2, 0) is 4.74 Å². The van der Waals surface area contributed by atoms with E-state index in [2.05, 4.69) is 0 Å². The third-order valence-corrected chi connectivity index (χ3v) is 2.91. The van der Waals surface area contributed by atoms with Gasteiger partial charge in [-0.25, -0.2) is 0 Å². The van der Waals surface area contributed by atoms with Crippen molar-refractivity contribution in [2.75, 3.05) is 6.61 Å². The van der Waals surface area contributed by atoms with Crippen molar-refractivity contribution in [2.45, 2.75) is 33.0 Å². The van der Waals surface area contributed by atoms with Crippen molar-refractivity contribution in [3.05, 3.63) is 21.9 Å². The third kappa shape index (κ3) is 3.10. The van der Waals surface area contributed by atoms with Crippen LogP contribution in [0.1, 0.15) is 30.4 Å². The van der Waals surface area contributed by atoms with Gasteiger partial charge < -0.3 is 9.84 Å². The summed E-state index contributed by atoms with van der Waals surface area (Å²) < 4.78 is 5.34. The maximum Gasteiger partial charge on any atom is 0.112 e. The maximum atomic E-state index is 9.72. The van der Waals surface area contributed by atoms with Crippen molar-refractivity contribution >= 4 is 11.3 Å². The van der Waals surface area contributed by atoms with Crippen LogP contribution in [0.15, 0.2) is 11.4 Å². The summed E-state index contributed by atoms with van der Waals surface area (Å²) in [5.41, 5.74) is 1.14. The van der Waals surface area contributed by atoms with Crippen LogP contribution in [-0.4, -0.2) is 17.8 Å². The standard InChI is InChI=1S/C10H16O2S/c1-7(2)12-6-9(11)10-8(3)4-5-13-10/h4-5,7,9,11H,6H2,1-3H3. The summed E-state index contributed by atoms with van der Waals surface area (Å²) in [5.74, 6) is 0. The van der Waals surface area contributed by atoms with Crippen LogP contribution in [0.2, 0.25) is 0 Å². The molecule has 0 radical (unpaired) electrons. The van der Waals surface area contributed by atoms with Crippen LogP contribution < -0.4 is 0 Å². The van der Waals surface area contributed by atoms with Gasteiger partial charge in [-0.2, -0.15) is 0 Å². The topological polar surface area (TPSA) is 29.5 Å². The van der Waals surface area contributed by atoms with E-state index in [0.717, 1.165) is 10.4 Å². The Hall–Kier alpha value is -0.380. The van der Waals surface area contributed by atoms with Gasteiger partial charge in [0.25, 0.3) is 0 Å². The number of hydrogen-bond acceptors (Lipinski definition) is 3. The summed E-state index contributed by atoms with van der Waals surface area (Å²) >= 11 is 1.58. The van der Waals surface area contributed by atoms with Gasteiger partial charge in [0.15, 0.2) is 0 Å². The fourth-order valence-corrected chi connectivity index (χ4v) is 1.98. The SMILES string of the molecule is Cc1ccsc1C(O)COC(C)C. The molecule has 1 rings (SSSR count). The molecule has 0 saturated carbocycles. The van der Waals surface area contributed by atoms with Crippen LogP contribution in [0, 0.1) is 6.92 Å². The molecule has 0 saturated heterocycles. The first-order chi connectivity index (χ1) is 6.11. The average molecular weight is 200 g/mol. The Bertz CT molecular complexity index is 255. The third-order valence-electron chi connectivity index (χ3n) is 1.79. The fraction of sp³-hybridized carbons (Fsp3) is 0.600. The molecule has 2 nitrogen and oxygen atoms in total. The molecule has 0 fully saturated rings. The Labute approximate surface area is 83.2 Å². The number of rotatable bonds is 4. The molecule has 1 aromatic heterocycles. The summed E-state index contributed by atoms with van der Waals surface area (Å²) in [7, 11) is 0. The Balaban J connectivity index is 2.49. The molecule has 0 aliphatic carbocycles. The van der Waals surface area contributed by atoms with Gasteiger partial charge in [0.05, 0.1) is 12.7 Å². The molecule has 13 heavy (non-hydrogen) atoms. The molecule has 1 N–H and O–H groups in total. The lowest BCUT2D eigenvalue weighted by molar-refractivity contribution is 0.00612. The molecule has 0 aliphatic rings. The van der Waals surface area contributed by atoms with Crippen molar-refractivity contribution in [3.63, 3.8) is 0 Å². The highest BCUT2D eigenvalue weighted by atomic mass is 32.1. The lowest BCUT2D eigenvalue weighted by Crippen LogP contribution is -2.11. The summed E-state index contributed by atoms with van der Waals surface area (Å²) in [6, 6.07) is 2.01. The second kappa shape index (κ2) is 4.74. The number of aliphatic hydroxyl groups excluding tert-OH is 1. The van der Waals surface area contributed by atoms with Gasteiger partial charge in [-0.05, 0) is 37.8 Å². The minimum atomic E-state index is -0.470. The summed E-state index contributed by atoms with van der Waals surface area (Å²) in [6.07, 6.45) is -0.294. The Kier molecular flexibility index (Phi) is 3.90. The number of ether oxygens (including phenoxy) is 1. The lowest BCUT2D eigenvalue weighted by Gasteiger charge is -2.12. The predicted octanol–water partition coefficient (Wildman–Crippen LogP) is 2.51. The van der Waals surface area contributed by atoms with E-state index in [1.54, 1.807) is 11.3 Å². The number of hydrogen-bond donors (Lipinski definition) is 1. The van der Waals surface area contributed by atoms with Gasteiger partial charge in [-0.3, -0.25) is 0 Å². The summed E-state index contributed by atoms with van der Waals surface area (Å²) in [5, 5.41) is 11.7. The van der Waals surface area contributed by atoms with Gasteiger partial charge in [-0.1, -0.05) is 0 Å². The molecule has 1 heterocycles. The highest BCUT2D eigenvalue weighted by Gasteiger charge is 2.12. The normalized spacial score (nSPS) is 13.6. The molecular weight excluding hydrogens is 184 g/mol. The zero-order chi connectivity index (χ0) is 9.84. The van der Waals surface area contributed by atoms with E-state index in [1.165, 1.54) is 0 Å². The highest BCUT2D eigenvalue weighted by Crippen LogP contribution is 2.23. The Morgan fingerprint density at radius 2 is 2.23 bits per heavy atom. The van der Waals surface area contributed by atoms with E-state index in [-0.39, 0.29) is 6.10 Å². The van der Waals surface area contributed by atoms with Gasteiger partial charge in [0, 0.05) is 4.88 Å². The first kappa shape index (κ1) is 10.7. The quantitative estimate of drug-likeness (QED) is 0.809. The minimum absolute atomic E-state index is 0.176. The first-order valence-electron chi connectivity index (χ1n) is 4.45. The minimum Gasteiger partial charge on any atom is -0.385 e. The molecule has 0 aliphatic heterocycles. The first-order valence-corrected chi connectivity index (χ1v) is 5.33. The van der Waals surface area contributed by atoms with Gasteiger partial charge >= 0.3 is 0 Å². The predicted molar refractivity (Wildman–Crippen MR) is 55.1 cm³/mol. The van der Waals surface area contributed by atoms with Crippen LogP contribution in [0.5, 0.6) is 0 Å². The van der Waals surface area contributed by atoms with Gasteiger partial charge in [0.2, 0.25) is 0 Å². The molecule has 1 atom stereocenters. The van der Waals surface area contributed by atoms with E-state index in [4.69, 9.17) is 4.74 Å². The van der Waals surface area contributed by atoms with E-state index in [9.17, 15) is 5.11 Å². The zero-order valence-corrected chi connectivity index (χ0v) is 9.10. The highest BCUT2D eigenvalue weighted by molar-refractivity contribution is 7.10. The zero-order valence-electron chi connectivity index (χ0n) is 8.28. The Morgan fingerprint density at radius 3 is 2.69 bits per heavy atom. The molecule has 0 bridgehead atoms. The van der Waals surface area contributed by atoms with Crippen molar-refractivity contribution in [1.82, 2.24) is 0 Å². The van der Waals surface area contributed by atoms with Crippen molar-refractivity contribution in [3.8, 4) is 0 Å². The molecule has 74 valence electrons. The number of thiophene rings is 1. The summed E-state index contributed by atoms with van der Waals surface area (Å²) in [4.78, 5) is 1.01. The molecule has 3 heteroatoms. The number of aryl methyl sites for hydroxylation is 1. The smallest absolute Gasteiger partial charge is 0.112 e. The molecule has 1 unspecified atom stereocenters. The molecule has 0 spiro atoms.